The molecule has 10 heavy (non-hydrogen) atoms. The fourth-order valence-electron chi connectivity index (χ4n) is 0.944. The van der Waals surface area contributed by atoms with Gasteiger partial charge in [-0.15, -0.1) is 0 Å². The number of hydrogen-bond acceptors (Lipinski definition) is 4. The van der Waals surface area contributed by atoms with Crippen molar-refractivity contribution in [2.24, 2.45) is 0 Å². The van der Waals surface area contributed by atoms with Gasteiger partial charge >= 0.3 is 0 Å². The van der Waals surface area contributed by atoms with E-state index in [0.717, 1.165) is 0 Å². The van der Waals surface area contributed by atoms with Gasteiger partial charge in [-0.25, -0.2) is 0 Å². The normalized spacial score (nSPS) is 33.7. The molecule has 4 heteroatoms. The molecular formula is C6H9O4-. The second-order valence-corrected chi connectivity index (χ2v) is 2.36. The van der Waals surface area contributed by atoms with Gasteiger partial charge in [-0.3, -0.25) is 0 Å². The predicted octanol–water partition coefficient (Wildman–Crippen LogP) is -1.72. The molecule has 2 unspecified atom stereocenters. The maximum Gasteiger partial charge on any atom is 0.0993 e. The van der Waals surface area contributed by atoms with Gasteiger partial charge in [0.2, 0.25) is 0 Å². The number of aliphatic carboxylic acids is 1. The number of aliphatic hydroxyl groups is 1. The summed E-state index contributed by atoms with van der Waals surface area (Å²) in [5.74, 6) is -1.24. The minimum Gasteiger partial charge on any atom is -0.547 e. The summed E-state index contributed by atoms with van der Waals surface area (Å²) in [6.45, 7) is 0.305. The first-order chi connectivity index (χ1) is 4.70. The molecule has 1 saturated heterocycles. The molecule has 58 valence electrons. The van der Waals surface area contributed by atoms with Crippen LogP contribution in [-0.4, -0.2) is 29.9 Å². The molecule has 2 atom stereocenters. The summed E-state index contributed by atoms with van der Waals surface area (Å²) in [6.07, 6.45) is -0.785. The van der Waals surface area contributed by atoms with Crippen molar-refractivity contribution >= 4 is 5.97 Å². The highest BCUT2D eigenvalue weighted by molar-refractivity contribution is 5.70. The van der Waals surface area contributed by atoms with E-state index >= 15 is 0 Å². The molecule has 0 aliphatic carbocycles. The third-order valence-electron chi connectivity index (χ3n) is 1.52. The zero-order valence-corrected chi connectivity index (χ0v) is 5.45. The van der Waals surface area contributed by atoms with Gasteiger partial charge < -0.3 is 19.7 Å². The topological polar surface area (TPSA) is 69.6 Å². The number of carboxylic acid groups (broad SMARTS) is 1. The Bertz CT molecular complexity index is 134. The van der Waals surface area contributed by atoms with Gasteiger partial charge in [0.25, 0.3) is 0 Å². The molecule has 0 spiro atoms. The van der Waals surface area contributed by atoms with E-state index in [1.165, 1.54) is 0 Å². The zero-order valence-electron chi connectivity index (χ0n) is 5.45. The van der Waals surface area contributed by atoms with E-state index in [1.54, 1.807) is 0 Å². The SMILES string of the molecule is O=C([O-])C1CC(O)CCO1. The monoisotopic (exact) mass is 145 g/mol. The van der Waals surface area contributed by atoms with E-state index in [-0.39, 0.29) is 6.42 Å². The Labute approximate surface area is 58.4 Å². The number of carbonyl (C=O) groups excluding carboxylic acids is 1. The van der Waals surface area contributed by atoms with Crippen LogP contribution in [0.1, 0.15) is 12.8 Å². The van der Waals surface area contributed by atoms with Gasteiger partial charge in [0.1, 0.15) is 0 Å². The van der Waals surface area contributed by atoms with Gasteiger partial charge in [-0.05, 0) is 6.42 Å². The van der Waals surface area contributed by atoms with Gasteiger partial charge in [0.15, 0.2) is 0 Å². The van der Waals surface area contributed by atoms with Crippen LogP contribution in [0.25, 0.3) is 0 Å². The van der Waals surface area contributed by atoms with Crippen molar-refractivity contribution in [2.45, 2.75) is 25.0 Å². The predicted molar refractivity (Wildman–Crippen MR) is 30.0 cm³/mol. The smallest absolute Gasteiger partial charge is 0.0993 e. The average Bonchev–Trinajstić information content (AvgIpc) is 1.88. The zero-order chi connectivity index (χ0) is 7.56. The van der Waals surface area contributed by atoms with Gasteiger partial charge in [-0.1, -0.05) is 0 Å². The number of carbonyl (C=O) groups is 1. The quantitative estimate of drug-likeness (QED) is 0.476. The van der Waals surface area contributed by atoms with E-state index in [2.05, 4.69) is 0 Å². The summed E-state index contributed by atoms with van der Waals surface area (Å²) in [5, 5.41) is 19.1. The second-order valence-electron chi connectivity index (χ2n) is 2.36. The Balaban J connectivity index is 2.39. The maximum absolute atomic E-state index is 10.2. The van der Waals surface area contributed by atoms with Crippen molar-refractivity contribution in [2.75, 3.05) is 6.61 Å². The fourth-order valence-corrected chi connectivity index (χ4v) is 0.944. The van der Waals surface area contributed by atoms with Crippen LogP contribution in [0.3, 0.4) is 0 Å². The lowest BCUT2D eigenvalue weighted by molar-refractivity contribution is -0.319. The van der Waals surface area contributed by atoms with Gasteiger partial charge in [-0.2, -0.15) is 0 Å². The first kappa shape index (κ1) is 7.50. The number of aliphatic hydroxyl groups excluding tert-OH is 1. The first-order valence-electron chi connectivity index (χ1n) is 3.20. The lowest BCUT2D eigenvalue weighted by Gasteiger charge is -2.26. The number of ether oxygens (including phenoxy) is 1. The van der Waals surface area contributed by atoms with Crippen LogP contribution in [0.15, 0.2) is 0 Å². The molecule has 0 aromatic rings. The molecule has 1 fully saturated rings. The number of rotatable bonds is 1. The van der Waals surface area contributed by atoms with Crippen LogP contribution in [-0.2, 0) is 9.53 Å². The van der Waals surface area contributed by atoms with Crippen LogP contribution in [0.4, 0.5) is 0 Å². The van der Waals surface area contributed by atoms with Gasteiger partial charge in [0, 0.05) is 13.0 Å². The number of hydrogen-bond donors (Lipinski definition) is 1. The van der Waals surface area contributed by atoms with Crippen molar-refractivity contribution in [1.82, 2.24) is 0 Å². The Morgan fingerprint density at radius 2 is 2.40 bits per heavy atom. The molecule has 0 amide bonds. The lowest BCUT2D eigenvalue weighted by atomic mass is 10.1. The molecule has 1 aliphatic heterocycles. The Hall–Kier alpha value is -0.610. The molecule has 1 heterocycles. The third-order valence-corrected chi connectivity index (χ3v) is 1.52. The van der Waals surface area contributed by atoms with Gasteiger partial charge in [0.05, 0.1) is 18.2 Å². The summed E-state index contributed by atoms with van der Waals surface area (Å²) in [4.78, 5) is 10.2. The van der Waals surface area contributed by atoms with E-state index in [1.807, 2.05) is 0 Å². The highest BCUT2D eigenvalue weighted by atomic mass is 16.5. The van der Waals surface area contributed by atoms with Crippen LogP contribution < -0.4 is 5.11 Å². The van der Waals surface area contributed by atoms with Crippen LogP contribution in [0, 0.1) is 0 Å². The number of carboxylic acids is 1. The Kier molecular flexibility index (Phi) is 2.24. The Morgan fingerprint density at radius 3 is 2.80 bits per heavy atom. The minimum absolute atomic E-state index is 0.155. The highest BCUT2D eigenvalue weighted by Crippen LogP contribution is 2.12. The molecule has 0 radical (unpaired) electrons. The standard InChI is InChI=1S/C6H10O4/c7-4-1-2-10-5(3-4)6(8)9/h4-5,7H,1-3H2,(H,8,9)/p-1. The minimum atomic E-state index is -1.24. The molecule has 4 nitrogen and oxygen atoms in total. The van der Waals surface area contributed by atoms with E-state index in [0.29, 0.717) is 13.0 Å². The molecule has 0 aromatic carbocycles. The second kappa shape index (κ2) is 2.98. The van der Waals surface area contributed by atoms with E-state index in [9.17, 15) is 9.90 Å². The third kappa shape index (κ3) is 1.68. The highest BCUT2D eigenvalue weighted by Gasteiger charge is 2.20. The molecule has 0 saturated carbocycles. The molecule has 1 rings (SSSR count). The lowest BCUT2D eigenvalue weighted by Crippen LogP contribution is -2.42. The van der Waals surface area contributed by atoms with Crippen LogP contribution in [0.5, 0.6) is 0 Å². The average molecular weight is 145 g/mol. The van der Waals surface area contributed by atoms with E-state index < -0.39 is 18.2 Å². The molecule has 0 bridgehead atoms. The summed E-state index contributed by atoms with van der Waals surface area (Å²) >= 11 is 0. The van der Waals surface area contributed by atoms with Crippen molar-refractivity contribution < 1.29 is 19.7 Å². The first-order valence-corrected chi connectivity index (χ1v) is 3.20. The van der Waals surface area contributed by atoms with Crippen molar-refractivity contribution in [3.8, 4) is 0 Å². The summed E-state index contributed by atoms with van der Waals surface area (Å²) in [7, 11) is 0. The summed E-state index contributed by atoms with van der Waals surface area (Å²) < 4.78 is 4.79. The Morgan fingerprint density at radius 1 is 1.70 bits per heavy atom. The fraction of sp³-hybridized carbons (Fsp3) is 0.833. The van der Waals surface area contributed by atoms with Crippen LogP contribution in [0.2, 0.25) is 0 Å². The molecule has 1 N–H and O–H groups in total. The molecular weight excluding hydrogens is 136 g/mol. The largest absolute Gasteiger partial charge is 0.547 e. The summed E-state index contributed by atoms with van der Waals surface area (Å²) in [5.41, 5.74) is 0. The van der Waals surface area contributed by atoms with E-state index in [4.69, 9.17) is 9.84 Å². The van der Waals surface area contributed by atoms with Crippen LogP contribution >= 0.6 is 0 Å². The maximum atomic E-state index is 10.2. The molecule has 0 aromatic heterocycles. The van der Waals surface area contributed by atoms with Crippen molar-refractivity contribution in [3.63, 3.8) is 0 Å². The van der Waals surface area contributed by atoms with Crippen molar-refractivity contribution in [3.05, 3.63) is 0 Å². The van der Waals surface area contributed by atoms with Crippen molar-refractivity contribution in [1.29, 1.82) is 0 Å². The molecule has 1 aliphatic rings. The summed E-state index contributed by atoms with van der Waals surface area (Å²) in [6, 6.07) is 0.